The van der Waals surface area contributed by atoms with Gasteiger partial charge in [0.1, 0.15) is 10.7 Å². The maximum atomic E-state index is 13.1. The summed E-state index contributed by atoms with van der Waals surface area (Å²) in [6.07, 6.45) is -5.22. The van der Waals surface area contributed by atoms with Gasteiger partial charge in [-0.3, -0.25) is 0 Å². The Labute approximate surface area is 253 Å². The number of fused-ring (bicyclic) bond motifs is 7. The van der Waals surface area contributed by atoms with E-state index in [2.05, 4.69) is 9.98 Å². The van der Waals surface area contributed by atoms with E-state index >= 15 is 0 Å². The van der Waals surface area contributed by atoms with E-state index in [4.69, 9.17) is 0 Å². The summed E-state index contributed by atoms with van der Waals surface area (Å²) in [5, 5.41) is 24.3. The molecule has 0 N–H and O–H groups in total. The Morgan fingerprint density at radius 3 is 1.18 bits per heavy atom. The van der Waals surface area contributed by atoms with Gasteiger partial charge in [-0.05, 0) is 69.4 Å². The fourth-order valence-electron chi connectivity index (χ4n) is 5.82. The van der Waals surface area contributed by atoms with Crippen LogP contribution in [-0.2, 0) is 12.4 Å². The third-order valence-electron chi connectivity index (χ3n) is 7.84. The lowest BCUT2D eigenvalue weighted by atomic mass is 10.00. The van der Waals surface area contributed by atoms with Crippen LogP contribution in [0.3, 0.4) is 0 Å². The van der Waals surface area contributed by atoms with Gasteiger partial charge in [-0.2, -0.15) is 46.9 Å². The molecule has 218 valence electrons. The van der Waals surface area contributed by atoms with Crippen molar-refractivity contribution in [3.8, 4) is 34.6 Å². The van der Waals surface area contributed by atoms with Gasteiger partial charge in [-0.25, -0.2) is 0 Å². The predicted octanol–water partition coefficient (Wildman–Crippen LogP) is 9.37. The molecule has 1 heterocycles. The zero-order valence-electron chi connectivity index (χ0n) is 22.5. The largest absolute Gasteiger partial charge is 0.416 e. The molecule has 7 aromatic rings. The standard InChI is InChI=1S/C34H14F6N4S/c35-33(36,37)21-7-1-17(2-8-21)19-5-11-23-25(13-19)29(43-15-41)31-27(23)28-24-12-6-20(14-26(24)30(44-16-42)32(28)45-31)18-3-9-22(10-4-18)34(38,39)40/h1-14H. The van der Waals surface area contributed by atoms with Gasteiger partial charge in [0.25, 0.3) is 0 Å². The Bertz CT molecular complexity index is 2340. The van der Waals surface area contributed by atoms with Gasteiger partial charge in [0, 0.05) is 21.5 Å². The Morgan fingerprint density at radius 1 is 0.489 bits per heavy atom. The van der Waals surface area contributed by atoms with Gasteiger partial charge in [-0.1, -0.05) is 48.5 Å². The van der Waals surface area contributed by atoms with Crippen LogP contribution in [-0.4, -0.2) is 0 Å². The summed E-state index contributed by atoms with van der Waals surface area (Å²) in [5.41, 5.74) is 0.902. The third kappa shape index (κ3) is 4.52. The second kappa shape index (κ2) is 10.0. The van der Waals surface area contributed by atoms with E-state index in [0.29, 0.717) is 53.1 Å². The number of rotatable bonds is 2. The van der Waals surface area contributed by atoms with Gasteiger partial charge >= 0.3 is 12.4 Å². The first-order valence-electron chi connectivity index (χ1n) is 13.3. The molecule has 45 heavy (non-hydrogen) atoms. The van der Waals surface area contributed by atoms with E-state index in [-0.39, 0.29) is 0 Å². The second-order valence-corrected chi connectivity index (χ2v) is 11.3. The van der Waals surface area contributed by atoms with Crippen molar-refractivity contribution in [1.29, 1.82) is 10.5 Å². The summed E-state index contributed by atoms with van der Waals surface area (Å²) in [7, 11) is 0. The van der Waals surface area contributed by atoms with Crippen LogP contribution in [0.2, 0.25) is 0 Å². The van der Waals surface area contributed by atoms with Crippen LogP contribution in [0.15, 0.2) is 94.9 Å². The molecule has 6 aromatic carbocycles. The topological polar surface area (TPSA) is 72.3 Å². The smallest absolute Gasteiger partial charge is 0.172 e. The minimum absolute atomic E-state index is 0.412. The molecule has 4 nitrogen and oxygen atoms in total. The Kier molecular flexibility index (Phi) is 6.29. The van der Waals surface area contributed by atoms with E-state index in [0.717, 1.165) is 45.8 Å². The Morgan fingerprint density at radius 2 is 0.844 bits per heavy atom. The summed E-state index contributed by atoms with van der Waals surface area (Å²) >= 11 is 1.32. The lowest BCUT2D eigenvalue weighted by Gasteiger charge is -2.08. The zero-order chi connectivity index (χ0) is 31.7. The lowest BCUT2D eigenvalue weighted by Crippen LogP contribution is -2.04. The molecule has 7 rings (SSSR count). The summed E-state index contributed by atoms with van der Waals surface area (Å²) in [6, 6.07) is 20.5. The maximum absolute atomic E-state index is 13.1. The number of halogens is 6. The van der Waals surface area contributed by atoms with Crippen molar-refractivity contribution >= 4 is 53.1 Å². The molecular formula is C34H14F6N4S. The van der Waals surface area contributed by atoms with Crippen molar-refractivity contribution in [1.82, 2.24) is 0 Å². The minimum atomic E-state index is -4.46. The highest BCUT2D eigenvalue weighted by molar-refractivity contribution is 7.26. The molecule has 0 radical (unpaired) electrons. The SMILES string of the molecule is N#CN=c1c2cc(-c3ccc(C(F)(F)F)cc3)ccc2c2c1sc1c(=NC#N)c3cc(-c4ccc(C(F)(F)F)cc4)ccc3c12. The molecule has 0 aliphatic heterocycles. The van der Waals surface area contributed by atoms with Gasteiger partial charge in [0.05, 0.1) is 20.5 Å². The van der Waals surface area contributed by atoms with E-state index in [1.807, 2.05) is 24.5 Å². The average Bonchev–Trinajstić information content (AvgIpc) is 3.63. The monoisotopic (exact) mass is 624 g/mol. The van der Waals surface area contributed by atoms with Crippen molar-refractivity contribution in [2.24, 2.45) is 9.98 Å². The van der Waals surface area contributed by atoms with Gasteiger partial charge in [-0.15, -0.1) is 11.3 Å². The van der Waals surface area contributed by atoms with Crippen molar-refractivity contribution in [3.63, 3.8) is 0 Å². The molecule has 0 aliphatic rings. The molecule has 0 saturated heterocycles. The molecule has 0 bridgehead atoms. The highest BCUT2D eigenvalue weighted by atomic mass is 32.1. The van der Waals surface area contributed by atoms with Crippen LogP contribution >= 0.6 is 11.3 Å². The van der Waals surface area contributed by atoms with Crippen LogP contribution < -0.4 is 10.7 Å². The van der Waals surface area contributed by atoms with Crippen molar-refractivity contribution in [2.75, 3.05) is 0 Å². The first-order chi connectivity index (χ1) is 21.5. The van der Waals surface area contributed by atoms with Gasteiger partial charge in [0.2, 0.25) is 12.4 Å². The predicted molar refractivity (Wildman–Crippen MR) is 160 cm³/mol. The van der Waals surface area contributed by atoms with E-state index in [9.17, 15) is 36.9 Å². The molecule has 0 aliphatic carbocycles. The first-order valence-corrected chi connectivity index (χ1v) is 14.1. The van der Waals surface area contributed by atoms with Crippen molar-refractivity contribution in [3.05, 3.63) is 107 Å². The molecule has 1 aromatic heterocycles. The number of nitrogens with zero attached hydrogens (tertiary/aromatic N) is 4. The second-order valence-electron chi connectivity index (χ2n) is 10.3. The Hall–Kier alpha value is -5.52. The van der Waals surface area contributed by atoms with Gasteiger partial charge in [0.15, 0.2) is 0 Å². The summed E-state index contributed by atoms with van der Waals surface area (Å²) in [4.78, 5) is 8.21. The van der Waals surface area contributed by atoms with E-state index in [1.165, 1.54) is 35.6 Å². The number of alkyl halides is 6. The summed E-state index contributed by atoms with van der Waals surface area (Å²) < 4.78 is 80.0. The van der Waals surface area contributed by atoms with E-state index in [1.54, 1.807) is 24.3 Å². The first kappa shape index (κ1) is 28.3. The summed E-state index contributed by atoms with van der Waals surface area (Å²) in [6.45, 7) is 0. The number of nitriles is 2. The molecule has 0 unspecified atom stereocenters. The zero-order valence-corrected chi connectivity index (χ0v) is 23.4. The van der Waals surface area contributed by atoms with E-state index < -0.39 is 23.5 Å². The highest BCUT2D eigenvalue weighted by Gasteiger charge is 2.31. The molecular weight excluding hydrogens is 610 g/mol. The van der Waals surface area contributed by atoms with Gasteiger partial charge < -0.3 is 0 Å². The molecule has 0 saturated carbocycles. The molecule has 11 heteroatoms. The number of hydrogen-bond donors (Lipinski definition) is 0. The molecule has 0 fully saturated rings. The number of benzene rings is 4. The number of thiophene rings is 1. The van der Waals surface area contributed by atoms with Crippen molar-refractivity contribution in [2.45, 2.75) is 12.4 Å². The molecule has 0 amide bonds. The highest BCUT2D eigenvalue weighted by Crippen LogP contribution is 2.43. The van der Waals surface area contributed by atoms with Crippen LogP contribution in [0.5, 0.6) is 0 Å². The number of hydrogen-bond acceptors (Lipinski definition) is 5. The van der Waals surface area contributed by atoms with Crippen LogP contribution in [0.4, 0.5) is 26.3 Å². The third-order valence-corrected chi connectivity index (χ3v) is 9.04. The van der Waals surface area contributed by atoms with Crippen LogP contribution in [0.25, 0.3) is 64.0 Å². The van der Waals surface area contributed by atoms with Crippen molar-refractivity contribution < 1.29 is 26.3 Å². The average molecular weight is 625 g/mol. The lowest BCUT2D eigenvalue weighted by molar-refractivity contribution is -0.138. The molecule has 0 atom stereocenters. The Balaban J connectivity index is 1.46. The van der Waals surface area contributed by atoms with Crippen LogP contribution in [0.1, 0.15) is 11.1 Å². The molecule has 0 spiro atoms. The fourth-order valence-corrected chi connectivity index (χ4v) is 7.16. The van der Waals surface area contributed by atoms with Crippen LogP contribution in [0, 0.1) is 22.9 Å². The summed E-state index contributed by atoms with van der Waals surface area (Å²) in [5.74, 6) is 0. The fraction of sp³-hybridized carbons (Fsp3) is 0.0588. The quantitative estimate of drug-likeness (QED) is 0.142. The normalized spacial score (nSPS) is 13.3. The maximum Gasteiger partial charge on any atom is 0.416 e. The minimum Gasteiger partial charge on any atom is -0.172 e.